The summed E-state index contributed by atoms with van der Waals surface area (Å²) in [5, 5.41) is 10.2. The number of anilines is 1. The monoisotopic (exact) mass is 310 g/mol. The van der Waals surface area contributed by atoms with Gasteiger partial charge in [-0.25, -0.2) is 8.78 Å². The minimum Gasteiger partial charge on any atom is -0.359 e. The van der Waals surface area contributed by atoms with Crippen molar-refractivity contribution in [3.63, 3.8) is 0 Å². The molecule has 0 radical (unpaired) electrons. The lowest BCUT2D eigenvalue weighted by Gasteiger charge is -2.12. The molecule has 0 saturated carbocycles. The molecule has 0 aliphatic carbocycles. The number of aliphatic imine (C=N–C) groups is 1. The number of H-pyrrole nitrogens is 1. The van der Waals surface area contributed by atoms with E-state index in [1.165, 1.54) is 18.3 Å². The van der Waals surface area contributed by atoms with Crippen LogP contribution < -0.4 is 5.32 Å². The SMILES string of the molecule is CC1=CNc2c(cc(F)c3[nH]ncc23)C(c2ccccc2F)=N1. The van der Waals surface area contributed by atoms with Crippen molar-refractivity contribution < 1.29 is 8.78 Å². The van der Waals surface area contributed by atoms with Gasteiger partial charge >= 0.3 is 0 Å². The van der Waals surface area contributed by atoms with Crippen LogP contribution in [-0.2, 0) is 0 Å². The highest BCUT2D eigenvalue weighted by Gasteiger charge is 2.22. The molecule has 2 N–H and O–H groups in total. The van der Waals surface area contributed by atoms with E-state index in [-0.39, 0.29) is 0 Å². The van der Waals surface area contributed by atoms with Crippen molar-refractivity contribution in [2.24, 2.45) is 4.99 Å². The van der Waals surface area contributed by atoms with Crippen LogP contribution in [0.1, 0.15) is 18.1 Å². The van der Waals surface area contributed by atoms with E-state index < -0.39 is 11.6 Å². The van der Waals surface area contributed by atoms with Gasteiger partial charge in [-0.1, -0.05) is 12.1 Å². The van der Waals surface area contributed by atoms with Crippen LogP contribution in [-0.4, -0.2) is 15.9 Å². The maximum atomic E-state index is 14.4. The second-order valence-electron chi connectivity index (χ2n) is 5.31. The number of benzene rings is 2. The minimum absolute atomic E-state index is 0.303. The number of hydrogen-bond donors (Lipinski definition) is 2. The van der Waals surface area contributed by atoms with E-state index in [4.69, 9.17) is 0 Å². The van der Waals surface area contributed by atoms with Gasteiger partial charge in [0, 0.05) is 22.7 Å². The first-order chi connectivity index (χ1) is 11.1. The van der Waals surface area contributed by atoms with Crippen LogP contribution in [0.25, 0.3) is 10.9 Å². The third-order valence-electron chi connectivity index (χ3n) is 3.79. The third-order valence-corrected chi connectivity index (χ3v) is 3.79. The van der Waals surface area contributed by atoms with Gasteiger partial charge in [0.1, 0.15) is 17.2 Å². The molecule has 2 heterocycles. The molecule has 0 atom stereocenters. The molecule has 0 saturated heterocycles. The standard InChI is InChI=1S/C17H12F2N4/c1-9-7-20-15-11(6-14(19)17-12(15)8-21-23-17)16(22-9)10-4-2-3-5-13(10)18/h2-8,20H,1H3,(H,21,23). The summed E-state index contributed by atoms with van der Waals surface area (Å²) in [6, 6.07) is 7.68. The van der Waals surface area contributed by atoms with E-state index in [0.29, 0.717) is 39.1 Å². The molecule has 0 fully saturated rings. The molecular weight excluding hydrogens is 298 g/mol. The van der Waals surface area contributed by atoms with Crippen molar-refractivity contribution >= 4 is 22.3 Å². The van der Waals surface area contributed by atoms with Gasteiger partial charge in [0.2, 0.25) is 0 Å². The molecule has 4 rings (SSSR count). The van der Waals surface area contributed by atoms with Crippen LogP contribution >= 0.6 is 0 Å². The van der Waals surface area contributed by atoms with Gasteiger partial charge in [0.05, 0.1) is 23.3 Å². The summed E-state index contributed by atoms with van der Waals surface area (Å²) in [5.74, 6) is -0.860. The third kappa shape index (κ3) is 2.11. The normalized spacial score (nSPS) is 13.9. The minimum atomic E-state index is -0.457. The van der Waals surface area contributed by atoms with Crippen LogP contribution in [0, 0.1) is 11.6 Å². The summed E-state index contributed by atoms with van der Waals surface area (Å²) in [5.41, 5.74) is 2.82. The number of aromatic amines is 1. The second kappa shape index (κ2) is 5.01. The average Bonchev–Trinajstić information content (AvgIpc) is 2.97. The maximum Gasteiger partial charge on any atom is 0.149 e. The fraction of sp³-hybridized carbons (Fsp3) is 0.0588. The molecule has 4 nitrogen and oxygen atoms in total. The highest BCUT2D eigenvalue weighted by Crippen LogP contribution is 2.33. The summed E-state index contributed by atoms with van der Waals surface area (Å²) in [7, 11) is 0. The van der Waals surface area contributed by atoms with Crippen LogP contribution in [0.2, 0.25) is 0 Å². The van der Waals surface area contributed by atoms with E-state index in [1.807, 2.05) is 0 Å². The molecule has 23 heavy (non-hydrogen) atoms. The summed E-state index contributed by atoms with van der Waals surface area (Å²) < 4.78 is 28.6. The molecule has 1 aromatic heterocycles. The number of aromatic nitrogens is 2. The highest BCUT2D eigenvalue weighted by molar-refractivity contribution is 6.20. The lowest BCUT2D eigenvalue weighted by atomic mass is 9.98. The van der Waals surface area contributed by atoms with E-state index in [1.54, 1.807) is 31.3 Å². The number of fused-ring (bicyclic) bond motifs is 3. The molecule has 0 amide bonds. The molecule has 0 bridgehead atoms. The zero-order valence-electron chi connectivity index (χ0n) is 12.2. The molecule has 0 spiro atoms. The molecular formula is C17H12F2N4. The summed E-state index contributed by atoms with van der Waals surface area (Å²) in [6.45, 7) is 1.79. The molecule has 2 aromatic carbocycles. The largest absolute Gasteiger partial charge is 0.359 e. The Kier molecular flexibility index (Phi) is 2.97. The van der Waals surface area contributed by atoms with Crippen molar-refractivity contribution in [2.75, 3.05) is 5.32 Å². The van der Waals surface area contributed by atoms with Crippen LogP contribution in [0.5, 0.6) is 0 Å². The average molecular weight is 310 g/mol. The molecule has 114 valence electrons. The molecule has 1 aliphatic rings. The summed E-state index contributed by atoms with van der Waals surface area (Å²) >= 11 is 0. The topological polar surface area (TPSA) is 53.1 Å². The number of hydrogen-bond acceptors (Lipinski definition) is 3. The second-order valence-corrected chi connectivity index (χ2v) is 5.31. The van der Waals surface area contributed by atoms with Gasteiger partial charge in [0.15, 0.2) is 0 Å². The Morgan fingerprint density at radius 3 is 2.70 bits per heavy atom. The van der Waals surface area contributed by atoms with Crippen molar-refractivity contribution in [3.8, 4) is 0 Å². The maximum absolute atomic E-state index is 14.4. The number of halogens is 2. The zero-order chi connectivity index (χ0) is 16.0. The van der Waals surface area contributed by atoms with Crippen molar-refractivity contribution in [1.29, 1.82) is 0 Å². The van der Waals surface area contributed by atoms with Gasteiger partial charge < -0.3 is 5.32 Å². The first kappa shape index (κ1) is 13.6. The predicted molar refractivity (Wildman–Crippen MR) is 85.5 cm³/mol. The first-order valence-electron chi connectivity index (χ1n) is 7.08. The van der Waals surface area contributed by atoms with Crippen LogP contribution in [0.4, 0.5) is 14.5 Å². The van der Waals surface area contributed by atoms with Gasteiger partial charge in [0.25, 0.3) is 0 Å². The lowest BCUT2D eigenvalue weighted by Crippen LogP contribution is -2.08. The van der Waals surface area contributed by atoms with E-state index in [2.05, 4.69) is 20.5 Å². The van der Waals surface area contributed by atoms with Crippen molar-refractivity contribution in [3.05, 3.63) is 71.2 Å². The molecule has 0 unspecified atom stereocenters. The fourth-order valence-corrected chi connectivity index (χ4v) is 2.72. The quantitative estimate of drug-likeness (QED) is 0.714. The number of nitrogens with one attached hydrogen (secondary N) is 2. The Hall–Kier alpha value is -3.02. The summed E-state index contributed by atoms with van der Waals surface area (Å²) in [4.78, 5) is 4.46. The van der Waals surface area contributed by atoms with E-state index >= 15 is 0 Å². The number of nitrogens with zero attached hydrogens (tertiary/aromatic N) is 2. The number of rotatable bonds is 1. The van der Waals surface area contributed by atoms with Crippen LogP contribution in [0.3, 0.4) is 0 Å². The van der Waals surface area contributed by atoms with Gasteiger partial charge in [-0.05, 0) is 25.1 Å². The van der Waals surface area contributed by atoms with Crippen molar-refractivity contribution in [1.82, 2.24) is 10.2 Å². The van der Waals surface area contributed by atoms with E-state index in [9.17, 15) is 8.78 Å². The van der Waals surface area contributed by atoms with Crippen molar-refractivity contribution in [2.45, 2.75) is 6.92 Å². The van der Waals surface area contributed by atoms with Gasteiger partial charge in [-0.2, -0.15) is 5.10 Å². The Morgan fingerprint density at radius 1 is 1.04 bits per heavy atom. The lowest BCUT2D eigenvalue weighted by molar-refractivity contribution is 0.625. The first-order valence-corrected chi connectivity index (χ1v) is 7.08. The van der Waals surface area contributed by atoms with Gasteiger partial charge in [-0.15, -0.1) is 0 Å². The Balaban J connectivity index is 2.07. The molecule has 1 aliphatic heterocycles. The Bertz CT molecular complexity index is 985. The Morgan fingerprint density at radius 2 is 1.87 bits per heavy atom. The molecule has 3 aromatic rings. The van der Waals surface area contributed by atoms with Gasteiger partial charge in [-0.3, -0.25) is 10.1 Å². The Labute approximate surface area is 130 Å². The number of allylic oxidation sites excluding steroid dienone is 1. The summed E-state index contributed by atoms with van der Waals surface area (Å²) in [6.07, 6.45) is 3.24. The predicted octanol–water partition coefficient (Wildman–Crippen LogP) is 3.97. The highest BCUT2D eigenvalue weighted by atomic mass is 19.1. The molecule has 6 heteroatoms. The van der Waals surface area contributed by atoms with Crippen LogP contribution in [0.15, 0.2) is 53.4 Å². The zero-order valence-corrected chi connectivity index (χ0v) is 12.2. The fourth-order valence-electron chi connectivity index (χ4n) is 2.72. The smallest absolute Gasteiger partial charge is 0.149 e. The van der Waals surface area contributed by atoms with E-state index in [0.717, 1.165) is 0 Å².